The average molecular weight is 253 g/mol. The molecule has 0 unspecified atom stereocenters. The minimum Gasteiger partial charge on any atom is -0.328 e. The quantitative estimate of drug-likeness (QED) is 0.783. The fourth-order valence-electron chi connectivity index (χ4n) is 3.49. The third-order valence-corrected chi connectivity index (χ3v) is 5.11. The van der Waals surface area contributed by atoms with Crippen LogP contribution in [-0.2, 0) is 0 Å². The van der Waals surface area contributed by atoms with Crippen LogP contribution in [0.25, 0.3) is 0 Å². The molecule has 0 atom stereocenters. The zero-order valence-corrected chi connectivity index (χ0v) is 12.4. The van der Waals surface area contributed by atoms with Crippen molar-refractivity contribution in [2.75, 3.05) is 33.2 Å². The Hall–Kier alpha value is -0.120. The highest BCUT2D eigenvalue weighted by Crippen LogP contribution is 2.34. The molecule has 3 nitrogen and oxygen atoms in total. The monoisotopic (exact) mass is 253 g/mol. The SMILES string of the molecule is CN1CCC(C(C)(C)CNCC2CC(N)C2)CC1. The van der Waals surface area contributed by atoms with Crippen LogP contribution in [0.3, 0.4) is 0 Å². The van der Waals surface area contributed by atoms with Crippen molar-refractivity contribution in [1.82, 2.24) is 10.2 Å². The lowest BCUT2D eigenvalue weighted by molar-refractivity contribution is 0.110. The van der Waals surface area contributed by atoms with Gasteiger partial charge in [-0.3, -0.25) is 0 Å². The Labute approximate surface area is 112 Å². The number of nitrogens with one attached hydrogen (secondary N) is 1. The van der Waals surface area contributed by atoms with Crippen molar-refractivity contribution in [3.63, 3.8) is 0 Å². The average Bonchev–Trinajstić information content (AvgIpc) is 2.27. The maximum atomic E-state index is 5.82. The van der Waals surface area contributed by atoms with Crippen LogP contribution in [-0.4, -0.2) is 44.2 Å². The summed E-state index contributed by atoms with van der Waals surface area (Å²) in [6, 6.07) is 0.485. The van der Waals surface area contributed by atoms with E-state index in [9.17, 15) is 0 Å². The van der Waals surface area contributed by atoms with E-state index in [2.05, 4.69) is 31.1 Å². The molecule has 3 N–H and O–H groups in total. The summed E-state index contributed by atoms with van der Waals surface area (Å²) in [7, 11) is 2.24. The van der Waals surface area contributed by atoms with Gasteiger partial charge in [-0.1, -0.05) is 13.8 Å². The van der Waals surface area contributed by atoms with Gasteiger partial charge in [0.15, 0.2) is 0 Å². The first kappa shape index (κ1) is 14.3. The molecule has 2 aliphatic rings. The Kier molecular flexibility index (Phi) is 4.68. The van der Waals surface area contributed by atoms with Crippen molar-refractivity contribution >= 4 is 0 Å². The molecule has 0 spiro atoms. The van der Waals surface area contributed by atoms with Crippen molar-refractivity contribution in [2.45, 2.75) is 45.6 Å². The highest BCUT2D eigenvalue weighted by molar-refractivity contribution is 4.87. The second kappa shape index (κ2) is 5.89. The number of nitrogens with two attached hydrogens (primary N) is 1. The summed E-state index contributed by atoms with van der Waals surface area (Å²) in [4.78, 5) is 2.45. The van der Waals surface area contributed by atoms with Gasteiger partial charge in [0, 0.05) is 12.6 Å². The summed E-state index contributed by atoms with van der Waals surface area (Å²) >= 11 is 0. The lowest BCUT2D eigenvalue weighted by Gasteiger charge is -2.40. The lowest BCUT2D eigenvalue weighted by Crippen LogP contribution is -2.45. The molecule has 2 rings (SSSR count). The molecule has 1 saturated carbocycles. The maximum absolute atomic E-state index is 5.82. The fourth-order valence-corrected chi connectivity index (χ4v) is 3.49. The van der Waals surface area contributed by atoms with Crippen LogP contribution in [0, 0.1) is 17.3 Å². The normalized spacial score (nSPS) is 31.3. The maximum Gasteiger partial charge on any atom is 0.00450 e. The predicted molar refractivity (Wildman–Crippen MR) is 77.6 cm³/mol. The topological polar surface area (TPSA) is 41.3 Å². The molecule has 18 heavy (non-hydrogen) atoms. The van der Waals surface area contributed by atoms with Crippen LogP contribution >= 0.6 is 0 Å². The van der Waals surface area contributed by atoms with E-state index in [4.69, 9.17) is 5.73 Å². The van der Waals surface area contributed by atoms with Crippen molar-refractivity contribution in [3.8, 4) is 0 Å². The van der Waals surface area contributed by atoms with Crippen molar-refractivity contribution < 1.29 is 0 Å². The van der Waals surface area contributed by atoms with Gasteiger partial charge >= 0.3 is 0 Å². The van der Waals surface area contributed by atoms with E-state index in [0.717, 1.165) is 18.4 Å². The molecule has 0 bridgehead atoms. The Morgan fingerprint density at radius 2 is 1.83 bits per heavy atom. The second-order valence-corrected chi connectivity index (χ2v) is 7.29. The number of hydrogen-bond donors (Lipinski definition) is 2. The fraction of sp³-hybridized carbons (Fsp3) is 1.00. The zero-order chi connectivity index (χ0) is 13.2. The van der Waals surface area contributed by atoms with Gasteiger partial charge in [0.2, 0.25) is 0 Å². The largest absolute Gasteiger partial charge is 0.328 e. The van der Waals surface area contributed by atoms with E-state index in [1.165, 1.54) is 45.3 Å². The molecule has 0 aromatic heterocycles. The van der Waals surface area contributed by atoms with Gasteiger partial charge in [0.1, 0.15) is 0 Å². The van der Waals surface area contributed by atoms with Gasteiger partial charge in [-0.2, -0.15) is 0 Å². The second-order valence-electron chi connectivity index (χ2n) is 7.29. The molecule has 0 aromatic carbocycles. The van der Waals surface area contributed by atoms with Crippen LogP contribution < -0.4 is 11.1 Å². The summed E-state index contributed by atoms with van der Waals surface area (Å²) in [5, 5.41) is 3.69. The van der Waals surface area contributed by atoms with Crippen LogP contribution in [0.5, 0.6) is 0 Å². The summed E-state index contributed by atoms with van der Waals surface area (Å²) in [6.45, 7) is 9.74. The van der Waals surface area contributed by atoms with Crippen molar-refractivity contribution in [2.24, 2.45) is 23.0 Å². The van der Waals surface area contributed by atoms with Crippen molar-refractivity contribution in [1.29, 1.82) is 0 Å². The Bertz CT molecular complexity index is 250. The third kappa shape index (κ3) is 3.69. The van der Waals surface area contributed by atoms with Crippen LogP contribution in [0.2, 0.25) is 0 Å². The van der Waals surface area contributed by atoms with Crippen LogP contribution in [0.15, 0.2) is 0 Å². The summed E-state index contributed by atoms with van der Waals surface area (Å²) in [5.41, 5.74) is 6.26. The van der Waals surface area contributed by atoms with Gasteiger partial charge in [-0.25, -0.2) is 0 Å². The van der Waals surface area contributed by atoms with Gasteiger partial charge in [-0.05, 0) is 69.6 Å². The summed E-state index contributed by atoms with van der Waals surface area (Å²) < 4.78 is 0. The predicted octanol–water partition coefficient (Wildman–Crippen LogP) is 1.68. The first-order chi connectivity index (χ1) is 8.47. The molecule has 106 valence electrons. The number of rotatable bonds is 5. The highest BCUT2D eigenvalue weighted by Gasteiger charge is 2.32. The summed E-state index contributed by atoms with van der Waals surface area (Å²) in [6.07, 6.45) is 5.17. The summed E-state index contributed by atoms with van der Waals surface area (Å²) in [5.74, 6) is 1.72. The molecule has 1 aliphatic heterocycles. The molecule has 1 heterocycles. The highest BCUT2D eigenvalue weighted by atomic mass is 15.1. The van der Waals surface area contributed by atoms with E-state index in [0.29, 0.717) is 11.5 Å². The molecule has 2 fully saturated rings. The number of hydrogen-bond acceptors (Lipinski definition) is 3. The molecule has 0 amide bonds. The van der Waals surface area contributed by atoms with E-state index in [1.807, 2.05) is 0 Å². The third-order valence-electron chi connectivity index (χ3n) is 5.11. The minimum atomic E-state index is 0.438. The zero-order valence-electron chi connectivity index (χ0n) is 12.4. The molecular weight excluding hydrogens is 222 g/mol. The Morgan fingerprint density at radius 1 is 1.22 bits per heavy atom. The number of likely N-dealkylation sites (tertiary alicyclic amines) is 1. The van der Waals surface area contributed by atoms with Crippen LogP contribution in [0.1, 0.15) is 39.5 Å². The number of piperidine rings is 1. The minimum absolute atomic E-state index is 0.438. The smallest absolute Gasteiger partial charge is 0.00450 e. The molecule has 3 heteroatoms. The lowest BCUT2D eigenvalue weighted by atomic mass is 9.73. The Morgan fingerprint density at radius 3 is 2.39 bits per heavy atom. The molecule has 0 radical (unpaired) electrons. The van der Waals surface area contributed by atoms with Gasteiger partial charge in [0.05, 0.1) is 0 Å². The molecule has 1 aliphatic carbocycles. The molecule has 1 saturated heterocycles. The molecular formula is C15H31N3. The standard InChI is InChI=1S/C15H31N3/c1-15(2,13-4-6-18(3)7-5-13)11-17-10-12-8-14(16)9-12/h12-14,17H,4-11,16H2,1-3H3. The first-order valence-corrected chi connectivity index (χ1v) is 7.62. The van der Waals surface area contributed by atoms with Gasteiger partial charge in [0.25, 0.3) is 0 Å². The Balaban J connectivity index is 1.66. The van der Waals surface area contributed by atoms with E-state index in [-0.39, 0.29) is 0 Å². The van der Waals surface area contributed by atoms with E-state index >= 15 is 0 Å². The molecule has 0 aromatic rings. The van der Waals surface area contributed by atoms with Gasteiger partial charge in [-0.15, -0.1) is 0 Å². The first-order valence-electron chi connectivity index (χ1n) is 7.62. The van der Waals surface area contributed by atoms with E-state index in [1.54, 1.807) is 0 Å². The number of nitrogens with zero attached hydrogens (tertiary/aromatic N) is 1. The van der Waals surface area contributed by atoms with Gasteiger partial charge < -0.3 is 16.0 Å². The van der Waals surface area contributed by atoms with Crippen LogP contribution in [0.4, 0.5) is 0 Å². The van der Waals surface area contributed by atoms with Crippen molar-refractivity contribution in [3.05, 3.63) is 0 Å². The van der Waals surface area contributed by atoms with E-state index < -0.39 is 0 Å².